The van der Waals surface area contributed by atoms with Crippen molar-refractivity contribution in [3.63, 3.8) is 0 Å². The van der Waals surface area contributed by atoms with Gasteiger partial charge in [-0.25, -0.2) is 0 Å². The van der Waals surface area contributed by atoms with E-state index in [1.54, 1.807) is 0 Å². The van der Waals surface area contributed by atoms with Gasteiger partial charge in [0.1, 0.15) is 0 Å². The molecule has 0 saturated heterocycles. The van der Waals surface area contributed by atoms with Crippen LogP contribution in [0.25, 0.3) is 0 Å². The fraction of sp³-hybridized carbons (Fsp3) is 0.750. The third kappa shape index (κ3) is 4.96. The highest BCUT2D eigenvalue weighted by Gasteiger charge is 1.90. The van der Waals surface area contributed by atoms with Gasteiger partial charge in [0.2, 0.25) is 0 Å². The Kier molecular flexibility index (Phi) is 4.79. The average molecular weight is 215 g/mol. The summed E-state index contributed by atoms with van der Waals surface area (Å²) in [5, 5.41) is 0. The molecule has 0 nitrogen and oxygen atoms in total. The van der Waals surface area contributed by atoms with Crippen molar-refractivity contribution in [2.45, 2.75) is 17.1 Å². The third-order valence-corrected chi connectivity index (χ3v) is 1.16. The molecule has 0 rings (SSSR count). The van der Waals surface area contributed by atoms with Crippen LogP contribution in [-0.4, -0.2) is 3.74 Å². The molecule has 0 aliphatic heterocycles. The third-order valence-electron chi connectivity index (χ3n) is 0.414. The minimum absolute atomic E-state index is 0.468. The van der Waals surface area contributed by atoms with E-state index in [2.05, 4.69) is 38.3 Å². The molecule has 0 amide bonds. The van der Waals surface area contributed by atoms with Crippen molar-refractivity contribution in [3.05, 3.63) is 6.42 Å². The number of rotatable bonds is 2. The maximum Gasteiger partial charge on any atom is 0.0700 e. The molecule has 0 N–H and O–H groups in total. The first kappa shape index (κ1) is 6.96. The van der Waals surface area contributed by atoms with Gasteiger partial charge < -0.3 is 0 Å². The summed E-state index contributed by atoms with van der Waals surface area (Å²) >= 11 is 6.64. The van der Waals surface area contributed by atoms with Gasteiger partial charge in [-0.3, -0.25) is 0 Å². The first-order valence-electron chi connectivity index (χ1n) is 1.83. The summed E-state index contributed by atoms with van der Waals surface area (Å²) in [5.74, 6) is 0. The zero-order valence-corrected chi connectivity index (χ0v) is 6.79. The zero-order chi connectivity index (χ0) is 4.99. The van der Waals surface area contributed by atoms with Crippen molar-refractivity contribution < 1.29 is 0 Å². The quantitative estimate of drug-likeness (QED) is 0.621. The van der Waals surface area contributed by atoms with Gasteiger partial charge >= 0.3 is 0 Å². The Morgan fingerprint density at radius 3 is 2.17 bits per heavy atom. The molecule has 6 heavy (non-hydrogen) atoms. The Labute approximate surface area is 55.6 Å². The van der Waals surface area contributed by atoms with Crippen molar-refractivity contribution in [3.8, 4) is 0 Å². The van der Waals surface area contributed by atoms with Crippen LogP contribution in [-0.2, 0) is 0 Å². The minimum atomic E-state index is 0.468. The summed E-state index contributed by atoms with van der Waals surface area (Å²) in [4.78, 5) is 0. The van der Waals surface area contributed by atoms with Gasteiger partial charge in [0.25, 0.3) is 0 Å². The molecular formula is C4H7Br2. The molecular weight excluding hydrogens is 208 g/mol. The molecule has 0 aromatic carbocycles. The van der Waals surface area contributed by atoms with E-state index in [1.165, 1.54) is 0 Å². The number of hydrogen-bond acceptors (Lipinski definition) is 0. The highest BCUT2D eigenvalue weighted by molar-refractivity contribution is 9.24. The second-order valence-corrected chi connectivity index (χ2v) is 4.47. The minimum Gasteiger partial charge on any atom is -0.0765 e. The Morgan fingerprint density at radius 1 is 1.67 bits per heavy atom. The van der Waals surface area contributed by atoms with Gasteiger partial charge in [-0.2, -0.15) is 0 Å². The maximum absolute atomic E-state index is 3.32. The van der Waals surface area contributed by atoms with E-state index in [0.717, 1.165) is 6.42 Å². The van der Waals surface area contributed by atoms with Crippen molar-refractivity contribution in [1.82, 2.24) is 0 Å². The predicted molar refractivity (Wildman–Crippen MR) is 36.2 cm³/mol. The van der Waals surface area contributed by atoms with Crippen molar-refractivity contribution in [1.29, 1.82) is 0 Å². The SMILES string of the molecule is C[CH]CC(Br)Br. The summed E-state index contributed by atoms with van der Waals surface area (Å²) in [6, 6.07) is 0. The number of hydrogen-bond donors (Lipinski definition) is 0. The summed E-state index contributed by atoms with van der Waals surface area (Å²) in [6.07, 6.45) is 3.19. The highest BCUT2D eigenvalue weighted by Crippen LogP contribution is 2.12. The molecule has 0 aliphatic carbocycles. The Hall–Kier alpha value is 0.960. The topological polar surface area (TPSA) is 0 Å². The van der Waals surface area contributed by atoms with Crippen molar-refractivity contribution in [2.24, 2.45) is 0 Å². The average Bonchev–Trinajstić information content (AvgIpc) is 1.35. The molecule has 0 aromatic rings. The van der Waals surface area contributed by atoms with Crippen LogP contribution in [0.5, 0.6) is 0 Å². The summed E-state index contributed by atoms with van der Waals surface area (Å²) < 4.78 is 0.468. The predicted octanol–water partition coefficient (Wildman–Crippen LogP) is 2.72. The van der Waals surface area contributed by atoms with E-state index in [9.17, 15) is 0 Å². The Bertz CT molecular complexity index is 26.7. The van der Waals surface area contributed by atoms with Crippen LogP contribution in [0, 0.1) is 6.42 Å². The van der Waals surface area contributed by atoms with Crippen molar-refractivity contribution >= 4 is 31.9 Å². The zero-order valence-electron chi connectivity index (χ0n) is 3.62. The van der Waals surface area contributed by atoms with E-state index < -0.39 is 0 Å². The van der Waals surface area contributed by atoms with E-state index in [-0.39, 0.29) is 0 Å². The Morgan fingerprint density at radius 2 is 2.17 bits per heavy atom. The first-order valence-corrected chi connectivity index (χ1v) is 3.66. The van der Waals surface area contributed by atoms with Crippen molar-refractivity contribution in [2.75, 3.05) is 0 Å². The molecule has 2 heteroatoms. The van der Waals surface area contributed by atoms with E-state index in [1.807, 2.05) is 6.92 Å². The van der Waals surface area contributed by atoms with Crippen LogP contribution >= 0.6 is 31.9 Å². The van der Waals surface area contributed by atoms with E-state index in [4.69, 9.17) is 0 Å². The molecule has 0 bridgehead atoms. The van der Waals surface area contributed by atoms with Crippen LogP contribution in [0.15, 0.2) is 0 Å². The fourth-order valence-electron chi connectivity index (χ4n) is 0.178. The second-order valence-electron chi connectivity index (χ2n) is 1.04. The molecule has 0 unspecified atom stereocenters. The number of alkyl halides is 2. The van der Waals surface area contributed by atoms with E-state index in [0.29, 0.717) is 3.74 Å². The van der Waals surface area contributed by atoms with Gasteiger partial charge in [0.05, 0.1) is 3.74 Å². The van der Waals surface area contributed by atoms with Gasteiger partial charge in [-0.15, -0.1) is 0 Å². The van der Waals surface area contributed by atoms with E-state index >= 15 is 0 Å². The molecule has 0 atom stereocenters. The molecule has 0 fully saturated rings. The number of halogens is 2. The Balaban J connectivity index is 2.63. The largest absolute Gasteiger partial charge is 0.0765 e. The molecule has 1 radical (unpaired) electrons. The summed E-state index contributed by atoms with van der Waals surface area (Å²) in [7, 11) is 0. The molecule has 0 aromatic heterocycles. The van der Waals surface area contributed by atoms with Crippen LogP contribution < -0.4 is 0 Å². The summed E-state index contributed by atoms with van der Waals surface area (Å²) in [6.45, 7) is 2.04. The standard InChI is InChI=1S/C4H7Br2/c1-2-3-4(5)6/h2,4H,3H2,1H3. The molecule has 0 spiro atoms. The highest BCUT2D eigenvalue weighted by atomic mass is 79.9. The van der Waals surface area contributed by atoms with Gasteiger partial charge in [-0.1, -0.05) is 38.8 Å². The maximum atomic E-state index is 3.32. The van der Waals surface area contributed by atoms with Crippen LogP contribution in [0.3, 0.4) is 0 Å². The lowest BCUT2D eigenvalue weighted by molar-refractivity contribution is 1.09. The summed E-state index contributed by atoms with van der Waals surface area (Å²) in [5.41, 5.74) is 0. The second kappa shape index (κ2) is 4.13. The first-order chi connectivity index (χ1) is 2.77. The normalized spacial score (nSPS) is 10.0. The fourth-order valence-corrected chi connectivity index (χ4v) is 0.926. The smallest absolute Gasteiger partial charge is 0.0700 e. The lowest BCUT2D eigenvalue weighted by Gasteiger charge is -1.91. The monoisotopic (exact) mass is 213 g/mol. The lowest BCUT2D eigenvalue weighted by Crippen LogP contribution is -1.79. The molecule has 37 valence electrons. The van der Waals surface area contributed by atoms with Gasteiger partial charge in [0, 0.05) is 0 Å². The van der Waals surface area contributed by atoms with Crippen LogP contribution in [0.1, 0.15) is 13.3 Å². The molecule has 0 aliphatic rings. The molecule has 0 saturated carbocycles. The van der Waals surface area contributed by atoms with Crippen LogP contribution in [0.4, 0.5) is 0 Å². The molecule has 0 heterocycles. The van der Waals surface area contributed by atoms with Gasteiger partial charge in [-0.05, 0) is 12.8 Å². The lowest BCUT2D eigenvalue weighted by atomic mass is 10.4. The van der Waals surface area contributed by atoms with Crippen LogP contribution in [0.2, 0.25) is 0 Å². The van der Waals surface area contributed by atoms with Gasteiger partial charge in [0.15, 0.2) is 0 Å².